The Balaban J connectivity index is 1.85. The number of hydrogen-bond donors (Lipinski definition) is 0. The van der Waals surface area contributed by atoms with Gasteiger partial charge in [-0.3, -0.25) is 0 Å². The van der Waals surface area contributed by atoms with E-state index in [0.717, 1.165) is 34.1 Å². The molecule has 2 nitrogen and oxygen atoms in total. The van der Waals surface area contributed by atoms with Crippen molar-refractivity contribution in [2.24, 2.45) is 0 Å². The number of fused-ring (bicyclic) bond motifs is 3. The summed E-state index contributed by atoms with van der Waals surface area (Å²) in [5.74, 6) is 1.73. The molecule has 0 bridgehead atoms. The number of benzene rings is 4. The second kappa shape index (κ2) is 5.78. The summed E-state index contributed by atoms with van der Waals surface area (Å²) in [4.78, 5) is 2.28. The van der Waals surface area contributed by atoms with Crippen molar-refractivity contribution in [3.05, 3.63) is 97.1 Å². The minimum Gasteiger partial charge on any atom is -0.453 e. The number of hydrogen-bond acceptors (Lipinski definition) is 2. The standard InChI is InChI=1S/C24H17NO/c1-2-17-15-16-20(19-10-4-3-9-18(17)19)25-21-11-5-7-13-23(21)26-24-14-8-6-12-22(24)25/h2-16H,1H2. The lowest BCUT2D eigenvalue weighted by molar-refractivity contribution is 0.477. The molecule has 0 unspecified atom stereocenters. The van der Waals surface area contributed by atoms with E-state index >= 15 is 0 Å². The summed E-state index contributed by atoms with van der Waals surface area (Å²) in [7, 11) is 0. The first-order valence-corrected chi connectivity index (χ1v) is 8.67. The maximum absolute atomic E-state index is 6.13. The van der Waals surface area contributed by atoms with Crippen molar-refractivity contribution in [1.82, 2.24) is 0 Å². The molecule has 0 spiro atoms. The third-order valence-electron chi connectivity index (χ3n) is 4.83. The number of nitrogens with zero attached hydrogens (tertiary/aromatic N) is 1. The number of rotatable bonds is 2. The smallest absolute Gasteiger partial charge is 0.151 e. The van der Waals surface area contributed by atoms with Gasteiger partial charge in [0.1, 0.15) is 0 Å². The van der Waals surface area contributed by atoms with Crippen LogP contribution in [0.25, 0.3) is 16.8 Å². The van der Waals surface area contributed by atoms with Crippen LogP contribution in [-0.2, 0) is 0 Å². The van der Waals surface area contributed by atoms with Crippen molar-refractivity contribution in [2.45, 2.75) is 0 Å². The quantitative estimate of drug-likeness (QED) is 0.342. The summed E-state index contributed by atoms with van der Waals surface area (Å²) in [6.45, 7) is 3.96. The summed E-state index contributed by atoms with van der Waals surface area (Å²) >= 11 is 0. The van der Waals surface area contributed by atoms with Gasteiger partial charge in [0.2, 0.25) is 0 Å². The monoisotopic (exact) mass is 335 g/mol. The van der Waals surface area contributed by atoms with Gasteiger partial charge in [0, 0.05) is 5.39 Å². The highest BCUT2D eigenvalue weighted by atomic mass is 16.5. The van der Waals surface area contributed by atoms with Crippen molar-refractivity contribution in [1.29, 1.82) is 0 Å². The topological polar surface area (TPSA) is 12.5 Å². The lowest BCUT2D eigenvalue weighted by atomic mass is 10.0. The van der Waals surface area contributed by atoms with Gasteiger partial charge < -0.3 is 9.64 Å². The highest BCUT2D eigenvalue weighted by Crippen LogP contribution is 2.51. The number of ether oxygens (including phenoxy) is 1. The Morgan fingerprint density at radius 1 is 0.615 bits per heavy atom. The highest BCUT2D eigenvalue weighted by Gasteiger charge is 2.26. The van der Waals surface area contributed by atoms with E-state index in [9.17, 15) is 0 Å². The molecule has 4 aromatic carbocycles. The molecule has 1 heterocycles. The van der Waals surface area contributed by atoms with Crippen molar-refractivity contribution >= 4 is 33.9 Å². The Kier molecular flexibility index (Phi) is 3.29. The van der Waals surface area contributed by atoms with Crippen LogP contribution >= 0.6 is 0 Å². The van der Waals surface area contributed by atoms with Crippen LogP contribution in [0.1, 0.15) is 5.56 Å². The average molecular weight is 335 g/mol. The number of para-hydroxylation sites is 4. The van der Waals surface area contributed by atoms with Gasteiger partial charge in [0.05, 0.1) is 17.1 Å². The van der Waals surface area contributed by atoms with Gasteiger partial charge >= 0.3 is 0 Å². The second-order valence-corrected chi connectivity index (χ2v) is 6.30. The molecule has 0 fully saturated rings. The molecular formula is C24H17NO. The van der Waals surface area contributed by atoms with E-state index in [4.69, 9.17) is 4.74 Å². The van der Waals surface area contributed by atoms with Gasteiger partial charge in [-0.25, -0.2) is 0 Å². The molecule has 0 saturated heterocycles. The van der Waals surface area contributed by atoms with E-state index < -0.39 is 0 Å². The zero-order valence-electron chi connectivity index (χ0n) is 14.2. The largest absolute Gasteiger partial charge is 0.453 e. The summed E-state index contributed by atoms with van der Waals surface area (Å²) in [6.07, 6.45) is 1.91. The zero-order valence-corrected chi connectivity index (χ0v) is 14.2. The molecule has 0 aromatic heterocycles. The zero-order chi connectivity index (χ0) is 17.5. The Morgan fingerprint density at radius 3 is 1.85 bits per heavy atom. The molecule has 2 heteroatoms. The molecule has 1 aliphatic heterocycles. The Morgan fingerprint density at radius 2 is 1.19 bits per heavy atom. The van der Waals surface area contributed by atoms with Gasteiger partial charge in [-0.15, -0.1) is 0 Å². The van der Waals surface area contributed by atoms with Crippen LogP contribution in [0.3, 0.4) is 0 Å². The van der Waals surface area contributed by atoms with Crippen LogP contribution in [-0.4, -0.2) is 0 Å². The molecule has 124 valence electrons. The maximum Gasteiger partial charge on any atom is 0.151 e. The first-order chi connectivity index (χ1) is 12.9. The molecule has 0 aliphatic carbocycles. The Labute approximate surface area is 152 Å². The first kappa shape index (κ1) is 14.8. The molecular weight excluding hydrogens is 318 g/mol. The minimum absolute atomic E-state index is 0.864. The fourth-order valence-corrected chi connectivity index (χ4v) is 3.64. The van der Waals surface area contributed by atoms with Crippen LogP contribution in [0.4, 0.5) is 17.1 Å². The Hall–Kier alpha value is -3.52. The molecule has 4 aromatic rings. The number of anilines is 3. The van der Waals surface area contributed by atoms with Crippen molar-refractivity contribution in [3.8, 4) is 11.5 Å². The molecule has 0 N–H and O–H groups in total. The molecule has 0 radical (unpaired) electrons. The summed E-state index contributed by atoms with van der Waals surface area (Å²) in [5, 5.41) is 2.39. The maximum atomic E-state index is 6.13. The van der Waals surface area contributed by atoms with E-state index in [1.54, 1.807) is 0 Å². The first-order valence-electron chi connectivity index (χ1n) is 8.67. The van der Waals surface area contributed by atoms with Crippen LogP contribution in [0, 0.1) is 0 Å². The lowest BCUT2D eigenvalue weighted by Gasteiger charge is -2.33. The highest BCUT2D eigenvalue weighted by molar-refractivity contribution is 6.04. The van der Waals surface area contributed by atoms with Crippen molar-refractivity contribution in [2.75, 3.05) is 4.90 Å². The predicted octanol–water partition coefficient (Wildman–Crippen LogP) is 7.06. The van der Waals surface area contributed by atoms with Crippen LogP contribution in [0.5, 0.6) is 11.5 Å². The van der Waals surface area contributed by atoms with Gasteiger partial charge in [0.15, 0.2) is 11.5 Å². The SMILES string of the molecule is C=Cc1ccc(N2c3ccccc3Oc3ccccc32)c2ccccc12. The molecule has 0 amide bonds. The molecule has 1 aliphatic rings. The third kappa shape index (κ3) is 2.12. The molecule has 26 heavy (non-hydrogen) atoms. The van der Waals surface area contributed by atoms with E-state index in [2.05, 4.69) is 60.0 Å². The third-order valence-corrected chi connectivity index (χ3v) is 4.83. The minimum atomic E-state index is 0.864. The van der Waals surface area contributed by atoms with Crippen LogP contribution in [0.2, 0.25) is 0 Å². The molecule has 0 saturated carbocycles. The fourth-order valence-electron chi connectivity index (χ4n) is 3.64. The second-order valence-electron chi connectivity index (χ2n) is 6.30. The van der Waals surface area contributed by atoms with Gasteiger partial charge in [-0.05, 0) is 41.3 Å². The predicted molar refractivity (Wildman–Crippen MR) is 109 cm³/mol. The van der Waals surface area contributed by atoms with E-state index in [0.29, 0.717) is 0 Å². The fraction of sp³-hybridized carbons (Fsp3) is 0. The summed E-state index contributed by atoms with van der Waals surface area (Å²) in [5.41, 5.74) is 4.36. The molecule has 5 rings (SSSR count). The lowest BCUT2D eigenvalue weighted by Crippen LogP contribution is -2.16. The van der Waals surface area contributed by atoms with Crippen molar-refractivity contribution < 1.29 is 4.74 Å². The summed E-state index contributed by atoms with van der Waals surface area (Å²) in [6, 6.07) is 29.1. The van der Waals surface area contributed by atoms with E-state index in [-0.39, 0.29) is 0 Å². The van der Waals surface area contributed by atoms with E-state index in [1.165, 1.54) is 10.8 Å². The van der Waals surface area contributed by atoms with Gasteiger partial charge in [-0.2, -0.15) is 0 Å². The average Bonchev–Trinajstić information content (AvgIpc) is 2.71. The molecule has 0 atom stereocenters. The van der Waals surface area contributed by atoms with E-state index in [1.807, 2.05) is 42.5 Å². The van der Waals surface area contributed by atoms with Crippen LogP contribution in [0.15, 0.2) is 91.5 Å². The Bertz CT molecular complexity index is 1100. The van der Waals surface area contributed by atoms with Gasteiger partial charge in [0.25, 0.3) is 0 Å². The van der Waals surface area contributed by atoms with Crippen molar-refractivity contribution in [3.63, 3.8) is 0 Å². The van der Waals surface area contributed by atoms with Crippen LogP contribution < -0.4 is 9.64 Å². The normalized spacial score (nSPS) is 12.2. The van der Waals surface area contributed by atoms with Gasteiger partial charge in [-0.1, -0.05) is 67.3 Å². The summed E-state index contributed by atoms with van der Waals surface area (Å²) < 4.78 is 6.13.